The molecule has 0 aliphatic heterocycles. The van der Waals surface area contributed by atoms with Crippen molar-refractivity contribution in [3.8, 4) is 12.3 Å². The molecule has 0 amide bonds. The van der Waals surface area contributed by atoms with E-state index in [2.05, 4.69) is 26.7 Å². The first kappa shape index (κ1) is 18.3. The van der Waals surface area contributed by atoms with Crippen molar-refractivity contribution in [3.05, 3.63) is 11.6 Å². The van der Waals surface area contributed by atoms with Gasteiger partial charge in [0, 0.05) is 12.8 Å². The zero-order chi connectivity index (χ0) is 18.7. The van der Waals surface area contributed by atoms with E-state index in [1.165, 1.54) is 25.7 Å². The summed E-state index contributed by atoms with van der Waals surface area (Å²) in [5.74, 6) is 6.35. The first-order valence-electron chi connectivity index (χ1n) is 10.7. The number of terminal acetylenes is 1. The van der Waals surface area contributed by atoms with Gasteiger partial charge in [0.15, 0.2) is 5.78 Å². The fourth-order valence-electron chi connectivity index (χ4n) is 7.91. The Morgan fingerprint density at radius 2 is 2.04 bits per heavy atom. The van der Waals surface area contributed by atoms with Crippen LogP contribution in [0, 0.1) is 52.8 Å². The van der Waals surface area contributed by atoms with E-state index in [9.17, 15) is 9.90 Å². The second-order valence-electron chi connectivity index (χ2n) is 10.2. The van der Waals surface area contributed by atoms with Crippen molar-refractivity contribution in [2.24, 2.45) is 40.4 Å². The second kappa shape index (κ2) is 6.23. The minimum absolute atomic E-state index is 0.0279. The van der Waals surface area contributed by atoms with Crippen LogP contribution in [0.15, 0.2) is 11.6 Å². The number of hydrogen-bond donors (Lipinski definition) is 1. The third kappa shape index (κ3) is 2.46. The molecule has 142 valence electrons. The molecule has 3 saturated carbocycles. The predicted molar refractivity (Wildman–Crippen MR) is 104 cm³/mol. The summed E-state index contributed by atoms with van der Waals surface area (Å²) in [7, 11) is 0. The van der Waals surface area contributed by atoms with Crippen LogP contribution in [0.4, 0.5) is 0 Å². The van der Waals surface area contributed by atoms with Gasteiger partial charge in [0.25, 0.3) is 0 Å². The summed E-state index contributed by atoms with van der Waals surface area (Å²) >= 11 is 0. The first-order chi connectivity index (χ1) is 12.3. The maximum atomic E-state index is 12.0. The minimum atomic E-state index is -0.421. The first-order valence-corrected chi connectivity index (χ1v) is 10.7. The fourth-order valence-corrected chi connectivity index (χ4v) is 7.91. The average Bonchev–Trinajstić information content (AvgIpc) is 2.94. The fraction of sp³-hybridized carbons (Fsp3) is 0.792. The lowest BCUT2D eigenvalue weighted by Crippen LogP contribution is -2.54. The van der Waals surface area contributed by atoms with Crippen molar-refractivity contribution in [1.29, 1.82) is 0 Å². The van der Waals surface area contributed by atoms with Crippen LogP contribution >= 0.6 is 0 Å². The van der Waals surface area contributed by atoms with E-state index < -0.39 is 6.10 Å². The zero-order valence-corrected chi connectivity index (χ0v) is 16.6. The van der Waals surface area contributed by atoms with Gasteiger partial charge in [-0.2, -0.15) is 0 Å². The van der Waals surface area contributed by atoms with Crippen molar-refractivity contribution >= 4 is 5.78 Å². The lowest BCUT2D eigenvalue weighted by molar-refractivity contribution is -0.119. The summed E-state index contributed by atoms with van der Waals surface area (Å²) in [4.78, 5) is 12.0. The van der Waals surface area contributed by atoms with Crippen LogP contribution < -0.4 is 0 Å². The van der Waals surface area contributed by atoms with Gasteiger partial charge in [-0.1, -0.05) is 20.8 Å². The van der Waals surface area contributed by atoms with Gasteiger partial charge in [-0.05, 0) is 90.6 Å². The Labute approximate surface area is 158 Å². The molecule has 6 unspecified atom stereocenters. The van der Waals surface area contributed by atoms with Gasteiger partial charge in [0.05, 0.1) is 6.10 Å². The monoisotopic (exact) mass is 354 g/mol. The van der Waals surface area contributed by atoms with Crippen molar-refractivity contribution < 1.29 is 9.90 Å². The Hall–Kier alpha value is -1.07. The zero-order valence-electron chi connectivity index (χ0n) is 16.6. The lowest BCUT2D eigenvalue weighted by atomic mass is 9.46. The molecule has 2 heteroatoms. The number of carbonyl (C=O) groups excluding carboxylic acids is 1. The van der Waals surface area contributed by atoms with Gasteiger partial charge in [-0.25, -0.2) is 0 Å². The summed E-state index contributed by atoms with van der Waals surface area (Å²) in [5.41, 5.74) is 1.45. The molecule has 4 aliphatic carbocycles. The van der Waals surface area contributed by atoms with Gasteiger partial charge >= 0.3 is 0 Å². The topological polar surface area (TPSA) is 37.3 Å². The molecule has 0 bridgehead atoms. The maximum absolute atomic E-state index is 12.0. The molecule has 0 aromatic rings. The van der Waals surface area contributed by atoms with Gasteiger partial charge in [-0.15, -0.1) is 12.3 Å². The van der Waals surface area contributed by atoms with E-state index in [1.54, 1.807) is 6.08 Å². The third-order valence-corrected chi connectivity index (χ3v) is 9.18. The normalized spacial score (nSPS) is 48.7. The van der Waals surface area contributed by atoms with E-state index in [1.807, 2.05) is 0 Å². The minimum Gasteiger partial charge on any atom is -0.389 e. The molecule has 4 aliphatic rings. The Morgan fingerprint density at radius 3 is 2.77 bits per heavy atom. The van der Waals surface area contributed by atoms with Crippen molar-refractivity contribution in [1.82, 2.24) is 0 Å². The summed E-state index contributed by atoms with van der Waals surface area (Å²) in [6.07, 6.45) is 15.4. The number of aliphatic hydroxyl groups excluding tert-OH is 1. The number of rotatable bonds is 2. The molecule has 0 aromatic heterocycles. The van der Waals surface area contributed by atoms with Gasteiger partial charge < -0.3 is 5.11 Å². The SMILES string of the molecule is C#CCC(C)C1CCC2C3CC(O)C4=CC(=O)CC[C@]4(C)C3CC[C@]12C. The van der Waals surface area contributed by atoms with Crippen LogP contribution in [-0.4, -0.2) is 17.0 Å². The second-order valence-corrected chi connectivity index (χ2v) is 10.2. The van der Waals surface area contributed by atoms with E-state index in [4.69, 9.17) is 6.42 Å². The highest BCUT2D eigenvalue weighted by atomic mass is 16.3. The molecule has 1 N–H and O–H groups in total. The number of aliphatic hydroxyl groups is 1. The Kier molecular flexibility index (Phi) is 4.39. The van der Waals surface area contributed by atoms with Crippen molar-refractivity contribution in [3.63, 3.8) is 0 Å². The molecule has 26 heavy (non-hydrogen) atoms. The molecule has 8 atom stereocenters. The quantitative estimate of drug-likeness (QED) is 0.726. The molecule has 4 rings (SSSR count). The van der Waals surface area contributed by atoms with Crippen LogP contribution in [0.5, 0.6) is 0 Å². The van der Waals surface area contributed by atoms with Crippen LogP contribution in [0.3, 0.4) is 0 Å². The summed E-state index contributed by atoms with van der Waals surface area (Å²) < 4.78 is 0. The van der Waals surface area contributed by atoms with Crippen LogP contribution in [0.1, 0.15) is 72.1 Å². The third-order valence-electron chi connectivity index (χ3n) is 9.18. The number of hydrogen-bond acceptors (Lipinski definition) is 2. The Bertz CT molecular complexity index is 670. The Morgan fingerprint density at radius 1 is 1.27 bits per heavy atom. The van der Waals surface area contributed by atoms with Gasteiger partial charge in [0.1, 0.15) is 0 Å². The number of carbonyl (C=O) groups is 1. The van der Waals surface area contributed by atoms with Crippen molar-refractivity contribution in [2.75, 3.05) is 0 Å². The molecule has 2 nitrogen and oxygen atoms in total. The smallest absolute Gasteiger partial charge is 0.155 e. The van der Waals surface area contributed by atoms with Crippen LogP contribution in [0.2, 0.25) is 0 Å². The molecular formula is C24H34O2. The van der Waals surface area contributed by atoms with Crippen LogP contribution in [-0.2, 0) is 4.79 Å². The largest absolute Gasteiger partial charge is 0.389 e. The summed E-state index contributed by atoms with van der Waals surface area (Å²) in [5, 5.41) is 10.9. The summed E-state index contributed by atoms with van der Waals surface area (Å²) in [6.45, 7) is 7.19. The standard InChI is InChI=1S/C24H34O2/c1-5-6-15(2)18-7-8-19-17-14-22(26)21-13-16(25)9-11-24(21,4)20(17)10-12-23(18,19)3/h1,13,15,17-20,22,26H,6-12,14H2,2-4H3/t15?,17?,18?,19?,20?,22?,23-,24-/m1/s1. The summed E-state index contributed by atoms with van der Waals surface area (Å²) in [6, 6.07) is 0. The van der Waals surface area contributed by atoms with E-state index >= 15 is 0 Å². The molecule has 0 aromatic carbocycles. The molecule has 0 heterocycles. The van der Waals surface area contributed by atoms with Crippen molar-refractivity contribution in [2.45, 2.75) is 78.2 Å². The van der Waals surface area contributed by atoms with Gasteiger partial charge in [-0.3, -0.25) is 4.79 Å². The molecule has 3 fully saturated rings. The van der Waals surface area contributed by atoms with E-state index in [0.29, 0.717) is 35.5 Å². The maximum Gasteiger partial charge on any atom is 0.155 e. The molecule has 0 spiro atoms. The highest BCUT2D eigenvalue weighted by molar-refractivity contribution is 5.91. The lowest BCUT2D eigenvalue weighted by Gasteiger charge is -2.59. The Balaban J connectivity index is 1.65. The van der Waals surface area contributed by atoms with E-state index in [0.717, 1.165) is 30.8 Å². The average molecular weight is 355 g/mol. The highest BCUT2D eigenvalue weighted by Gasteiger charge is 2.60. The number of fused-ring (bicyclic) bond motifs is 5. The highest BCUT2D eigenvalue weighted by Crippen LogP contribution is 2.67. The molecule has 0 radical (unpaired) electrons. The van der Waals surface area contributed by atoms with Crippen LogP contribution in [0.25, 0.3) is 0 Å². The number of ketones is 1. The van der Waals surface area contributed by atoms with E-state index in [-0.39, 0.29) is 11.2 Å². The predicted octanol–water partition coefficient (Wildman–Crippen LogP) is 4.76. The molecule has 0 saturated heterocycles. The molecular weight excluding hydrogens is 320 g/mol. The van der Waals surface area contributed by atoms with Gasteiger partial charge in [0.2, 0.25) is 0 Å².